The highest BCUT2D eigenvalue weighted by Crippen LogP contribution is 2.41. The van der Waals surface area contributed by atoms with Crippen LogP contribution in [0.5, 0.6) is 0 Å². The maximum absolute atomic E-state index is 13.1. The van der Waals surface area contributed by atoms with Crippen LogP contribution in [0.15, 0.2) is 24.3 Å². The zero-order valence-corrected chi connectivity index (χ0v) is 11.3. The van der Waals surface area contributed by atoms with Crippen molar-refractivity contribution in [3.05, 3.63) is 30.1 Å². The molecular formula is C15H19FN2O. The minimum Gasteiger partial charge on any atom is -0.365 e. The Morgan fingerprint density at radius 3 is 2.68 bits per heavy atom. The number of piperidine rings is 1. The summed E-state index contributed by atoms with van der Waals surface area (Å²) in [5.41, 5.74) is 1.08. The van der Waals surface area contributed by atoms with Crippen LogP contribution in [0.4, 0.5) is 10.1 Å². The van der Waals surface area contributed by atoms with Crippen molar-refractivity contribution in [2.24, 2.45) is 11.3 Å². The molecule has 4 heteroatoms. The third-order valence-electron chi connectivity index (χ3n) is 4.47. The Morgan fingerprint density at radius 1 is 1.32 bits per heavy atom. The van der Waals surface area contributed by atoms with Crippen LogP contribution in [-0.4, -0.2) is 25.0 Å². The lowest BCUT2D eigenvalue weighted by Crippen LogP contribution is -2.53. The van der Waals surface area contributed by atoms with E-state index in [0.29, 0.717) is 6.54 Å². The van der Waals surface area contributed by atoms with E-state index in [9.17, 15) is 9.18 Å². The van der Waals surface area contributed by atoms with Crippen LogP contribution in [0.1, 0.15) is 20.3 Å². The van der Waals surface area contributed by atoms with Crippen LogP contribution in [0.25, 0.3) is 0 Å². The number of rotatable bonds is 1. The number of carbonyl (C=O) groups is 1. The Morgan fingerprint density at radius 2 is 2.00 bits per heavy atom. The minimum absolute atomic E-state index is 0.0267. The molecular weight excluding hydrogens is 243 g/mol. The summed E-state index contributed by atoms with van der Waals surface area (Å²) in [5.74, 6) is -0.0452. The second kappa shape index (κ2) is 4.22. The first-order valence-corrected chi connectivity index (χ1v) is 6.77. The molecule has 0 aliphatic carbocycles. The van der Waals surface area contributed by atoms with Crippen molar-refractivity contribution < 1.29 is 9.18 Å². The molecule has 3 fully saturated rings. The van der Waals surface area contributed by atoms with E-state index in [2.05, 4.69) is 24.1 Å². The molecule has 19 heavy (non-hydrogen) atoms. The monoisotopic (exact) mass is 262 g/mol. The largest absolute Gasteiger partial charge is 0.365 e. The summed E-state index contributed by atoms with van der Waals surface area (Å²) in [5, 5.41) is 3.02. The van der Waals surface area contributed by atoms with Crippen LogP contribution in [0.2, 0.25) is 0 Å². The fourth-order valence-corrected chi connectivity index (χ4v) is 3.44. The smallest absolute Gasteiger partial charge is 0.224 e. The Labute approximate surface area is 112 Å². The molecule has 1 N–H and O–H groups in total. The molecule has 3 nitrogen and oxygen atoms in total. The van der Waals surface area contributed by atoms with Crippen molar-refractivity contribution in [3.8, 4) is 0 Å². The summed E-state index contributed by atoms with van der Waals surface area (Å²) in [6.07, 6.45) is 0.918. The molecule has 3 heterocycles. The number of benzene rings is 1. The molecule has 1 aromatic rings. The van der Waals surface area contributed by atoms with Crippen LogP contribution in [0.3, 0.4) is 0 Å². The first-order valence-electron chi connectivity index (χ1n) is 6.77. The number of carbonyl (C=O) groups excluding carboxylic acids is 1. The van der Waals surface area contributed by atoms with Crippen molar-refractivity contribution in [1.82, 2.24) is 5.32 Å². The zero-order valence-electron chi connectivity index (χ0n) is 11.3. The van der Waals surface area contributed by atoms with Gasteiger partial charge in [0.1, 0.15) is 5.82 Å². The lowest BCUT2D eigenvalue weighted by atomic mass is 9.73. The lowest BCUT2D eigenvalue weighted by molar-refractivity contribution is -0.124. The van der Waals surface area contributed by atoms with Crippen LogP contribution >= 0.6 is 0 Å². The Balaban J connectivity index is 1.98. The number of halogens is 1. The van der Waals surface area contributed by atoms with Gasteiger partial charge in [0, 0.05) is 18.8 Å². The van der Waals surface area contributed by atoms with Gasteiger partial charge in [-0.3, -0.25) is 4.79 Å². The summed E-state index contributed by atoms with van der Waals surface area (Å²) in [6, 6.07) is 6.83. The van der Waals surface area contributed by atoms with Crippen molar-refractivity contribution in [3.63, 3.8) is 0 Å². The van der Waals surface area contributed by atoms with E-state index in [4.69, 9.17) is 0 Å². The first-order chi connectivity index (χ1) is 8.97. The standard InChI is InChI=1S/C15H19FN2O/c1-15(2)7-10-9-18(13(15)8-17-14(10)19)12-5-3-11(16)4-6-12/h3-6,10,13H,7-9H2,1-2H3,(H,17,19)/t10-,13+/m0/s1. The topological polar surface area (TPSA) is 32.3 Å². The van der Waals surface area contributed by atoms with Gasteiger partial charge in [-0.2, -0.15) is 0 Å². The highest BCUT2D eigenvalue weighted by atomic mass is 19.1. The number of amides is 1. The second-order valence-corrected chi connectivity index (χ2v) is 6.28. The maximum Gasteiger partial charge on any atom is 0.224 e. The molecule has 2 atom stereocenters. The Kier molecular flexibility index (Phi) is 2.77. The van der Waals surface area contributed by atoms with E-state index in [1.54, 1.807) is 12.1 Å². The van der Waals surface area contributed by atoms with Gasteiger partial charge < -0.3 is 10.2 Å². The van der Waals surface area contributed by atoms with Gasteiger partial charge in [0.25, 0.3) is 0 Å². The summed E-state index contributed by atoms with van der Waals surface area (Å²) in [7, 11) is 0. The Hall–Kier alpha value is -1.58. The van der Waals surface area contributed by atoms with Crippen LogP contribution in [0, 0.1) is 17.2 Å². The van der Waals surface area contributed by atoms with Gasteiger partial charge in [0.05, 0.1) is 12.0 Å². The molecule has 2 bridgehead atoms. The van der Waals surface area contributed by atoms with Crippen molar-refractivity contribution >= 4 is 11.6 Å². The predicted molar refractivity (Wildman–Crippen MR) is 72.4 cm³/mol. The molecule has 3 aliphatic heterocycles. The highest BCUT2D eigenvalue weighted by Gasteiger charge is 2.46. The molecule has 1 amide bonds. The number of anilines is 1. The average molecular weight is 262 g/mol. The van der Waals surface area contributed by atoms with Gasteiger partial charge in [-0.15, -0.1) is 0 Å². The average Bonchev–Trinajstić information content (AvgIpc) is 2.57. The normalized spacial score (nSPS) is 29.0. The van der Waals surface area contributed by atoms with Gasteiger partial charge in [0.15, 0.2) is 0 Å². The molecule has 3 aliphatic rings. The van der Waals surface area contributed by atoms with Crippen molar-refractivity contribution in [2.75, 3.05) is 18.0 Å². The van der Waals surface area contributed by atoms with Gasteiger partial charge in [0.2, 0.25) is 5.91 Å². The fraction of sp³-hybridized carbons (Fsp3) is 0.533. The molecule has 102 valence electrons. The number of hydrogen-bond donors (Lipinski definition) is 1. The van der Waals surface area contributed by atoms with Gasteiger partial charge in [-0.05, 0) is 36.1 Å². The maximum atomic E-state index is 13.1. The van der Waals surface area contributed by atoms with Crippen molar-refractivity contribution in [2.45, 2.75) is 26.3 Å². The zero-order chi connectivity index (χ0) is 13.6. The molecule has 4 rings (SSSR count). The van der Waals surface area contributed by atoms with Gasteiger partial charge in [-0.25, -0.2) is 4.39 Å². The third-order valence-corrected chi connectivity index (χ3v) is 4.47. The fourth-order valence-electron chi connectivity index (χ4n) is 3.44. The van der Waals surface area contributed by atoms with E-state index in [1.165, 1.54) is 12.1 Å². The molecule has 0 unspecified atom stereocenters. The molecule has 0 saturated carbocycles. The molecule has 0 aromatic heterocycles. The number of nitrogens with zero attached hydrogens (tertiary/aromatic N) is 1. The number of hydrogen-bond acceptors (Lipinski definition) is 2. The number of nitrogens with one attached hydrogen (secondary N) is 1. The van der Waals surface area contributed by atoms with E-state index < -0.39 is 0 Å². The van der Waals surface area contributed by atoms with E-state index in [-0.39, 0.29) is 29.1 Å². The van der Waals surface area contributed by atoms with Gasteiger partial charge >= 0.3 is 0 Å². The molecule has 1 aromatic carbocycles. The van der Waals surface area contributed by atoms with E-state index in [0.717, 1.165) is 18.7 Å². The van der Waals surface area contributed by atoms with Crippen molar-refractivity contribution in [1.29, 1.82) is 0 Å². The lowest BCUT2D eigenvalue weighted by Gasteiger charge is -2.47. The predicted octanol–water partition coefficient (Wildman–Crippen LogP) is 2.18. The number of fused-ring (bicyclic) bond motifs is 4. The molecule has 3 saturated heterocycles. The summed E-state index contributed by atoms with van der Waals surface area (Å²) in [6.45, 7) is 5.81. The highest BCUT2D eigenvalue weighted by molar-refractivity contribution is 5.81. The van der Waals surface area contributed by atoms with Crippen LogP contribution in [-0.2, 0) is 4.79 Å². The summed E-state index contributed by atoms with van der Waals surface area (Å²) < 4.78 is 13.1. The minimum atomic E-state index is -0.225. The second-order valence-electron chi connectivity index (χ2n) is 6.28. The molecule has 0 spiro atoms. The third kappa shape index (κ3) is 2.09. The van der Waals surface area contributed by atoms with Crippen LogP contribution < -0.4 is 10.2 Å². The van der Waals surface area contributed by atoms with E-state index >= 15 is 0 Å². The quantitative estimate of drug-likeness (QED) is 0.841. The van der Waals surface area contributed by atoms with E-state index in [1.807, 2.05) is 0 Å². The summed E-state index contributed by atoms with van der Waals surface area (Å²) >= 11 is 0. The SMILES string of the molecule is CC1(C)C[C@H]2CN(c3ccc(F)cc3)[C@@H]1CNC2=O. The Bertz CT molecular complexity index is 497. The first kappa shape index (κ1) is 12.5. The van der Waals surface area contributed by atoms with Gasteiger partial charge in [-0.1, -0.05) is 13.8 Å². The molecule has 0 radical (unpaired) electrons. The summed E-state index contributed by atoms with van der Waals surface area (Å²) in [4.78, 5) is 14.2.